The number of carbonyl (C=O) groups is 2. The highest BCUT2D eigenvalue weighted by Crippen LogP contribution is 2.35. The third-order valence-electron chi connectivity index (χ3n) is 6.55. The number of ether oxygens (including phenoxy) is 5. The molecule has 2 amide bonds. The zero-order valence-electron chi connectivity index (χ0n) is 25.0. The van der Waals surface area contributed by atoms with Crippen LogP contribution in [-0.2, 0) is 16.1 Å². The summed E-state index contributed by atoms with van der Waals surface area (Å²) >= 11 is 0. The molecule has 4 N–H and O–H groups in total. The monoisotopic (exact) mass is 604 g/mol. The number of para-hydroxylation sites is 1. The number of aliphatic hydroxyl groups excluding tert-OH is 1. The van der Waals surface area contributed by atoms with Crippen LogP contribution in [0.1, 0.15) is 36.6 Å². The number of allylic oxidation sites excluding steroid dienone is 1. The van der Waals surface area contributed by atoms with Gasteiger partial charge in [-0.25, -0.2) is 9.59 Å². The third-order valence-corrected chi connectivity index (χ3v) is 6.55. The molecule has 0 bridgehead atoms. The second-order valence-electron chi connectivity index (χ2n) is 9.57. The van der Waals surface area contributed by atoms with Gasteiger partial charge in [0.25, 0.3) is 0 Å². The second kappa shape index (κ2) is 15.3. The van der Waals surface area contributed by atoms with Crippen LogP contribution in [0.2, 0.25) is 0 Å². The first-order chi connectivity index (χ1) is 21.3. The number of urea groups is 1. The number of hydrogen-bond acceptors (Lipinski definition) is 10. The fraction of sp³-hybridized carbons (Fsp3) is 0.281. The number of hydrazone groups is 1. The quantitative estimate of drug-likeness (QED) is 0.0933. The first kappa shape index (κ1) is 31.7. The minimum atomic E-state index is -1.17. The summed E-state index contributed by atoms with van der Waals surface area (Å²) in [6, 6.07) is 19.0. The molecule has 0 saturated carbocycles. The van der Waals surface area contributed by atoms with Crippen LogP contribution in [0.4, 0.5) is 4.79 Å². The van der Waals surface area contributed by atoms with E-state index in [4.69, 9.17) is 23.7 Å². The van der Waals surface area contributed by atoms with E-state index >= 15 is 0 Å². The van der Waals surface area contributed by atoms with Crippen molar-refractivity contribution in [3.8, 4) is 23.0 Å². The standard InChI is InChI=1S/C32H36N4O8/c1-5-42-26-16-22(29-28(31(38)41-4)20(2)34-32(39)35-29)14-15-24(26)43-19-27(37)36-33-17-23-12-9-13-25(40-3)30(23)44-18-21-10-7-6-8-11-21/h6-17,27,29,36-37H,5,18-19H2,1-4H3,(H2,34,35,39)/b33-17+/t27-,29-/m0/s1. The molecule has 0 radical (unpaired) electrons. The van der Waals surface area contributed by atoms with Gasteiger partial charge in [0.05, 0.1) is 38.7 Å². The van der Waals surface area contributed by atoms with Gasteiger partial charge in [-0.3, -0.25) is 5.43 Å². The van der Waals surface area contributed by atoms with E-state index in [1.54, 1.807) is 38.3 Å². The highest BCUT2D eigenvalue weighted by Gasteiger charge is 2.32. The molecule has 44 heavy (non-hydrogen) atoms. The number of nitrogens with zero attached hydrogens (tertiary/aromatic N) is 1. The highest BCUT2D eigenvalue weighted by atomic mass is 16.5. The Bertz CT molecular complexity index is 1510. The van der Waals surface area contributed by atoms with Gasteiger partial charge in [-0.15, -0.1) is 0 Å². The van der Waals surface area contributed by atoms with Gasteiger partial charge in [0.1, 0.15) is 13.2 Å². The van der Waals surface area contributed by atoms with Crippen molar-refractivity contribution >= 4 is 18.2 Å². The van der Waals surface area contributed by atoms with Gasteiger partial charge < -0.3 is 39.4 Å². The van der Waals surface area contributed by atoms with Gasteiger partial charge in [-0.2, -0.15) is 5.10 Å². The van der Waals surface area contributed by atoms with Crippen molar-refractivity contribution < 1.29 is 38.4 Å². The van der Waals surface area contributed by atoms with Crippen molar-refractivity contribution in [2.45, 2.75) is 32.7 Å². The Labute approximate surface area is 255 Å². The molecule has 1 aliphatic rings. The van der Waals surface area contributed by atoms with E-state index < -0.39 is 24.3 Å². The molecule has 0 spiro atoms. The Hall–Kier alpha value is -5.23. The summed E-state index contributed by atoms with van der Waals surface area (Å²) in [6.07, 6.45) is 0.355. The smallest absolute Gasteiger partial charge is 0.337 e. The molecule has 4 rings (SSSR count). The van der Waals surface area contributed by atoms with Crippen LogP contribution in [-0.4, -0.2) is 57.0 Å². The molecule has 1 heterocycles. The van der Waals surface area contributed by atoms with E-state index in [1.165, 1.54) is 13.3 Å². The maximum Gasteiger partial charge on any atom is 0.337 e. The minimum Gasteiger partial charge on any atom is -0.493 e. The van der Waals surface area contributed by atoms with Crippen LogP contribution < -0.4 is 35.0 Å². The van der Waals surface area contributed by atoms with E-state index in [-0.39, 0.29) is 12.2 Å². The molecular formula is C32H36N4O8. The van der Waals surface area contributed by atoms with Crippen molar-refractivity contribution in [2.24, 2.45) is 5.10 Å². The molecule has 3 aromatic rings. The summed E-state index contributed by atoms with van der Waals surface area (Å²) in [5.41, 5.74) is 5.54. The Morgan fingerprint density at radius 1 is 1.02 bits per heavy atom. The van der Waals surface area contributed by atoms with Crippen molar-refractivity contribution in [3.63, 3.8) is 0 Å². The lowest BCUT2D eigenvalue weighted by atomic mass is 9.95. The first-order valence-corrected chi connectivity index (χ1v) is 13.9. The Morgan fingerprint density at radius 2 is 1.82 bits per heavy atom. The third kappa shape index (κ3) is 7.98. The van der Waals surface area contributed by atoms with Crippen molar-refractivity contribution in [2.75, 3.05) is 27.4 Å². The van der Waals surface area contributed by atoms with E-state index in [0.29, 0.717) is 53.0 Å². The Kier molecular flexibility index (Phi) is 11.0. The van der Waals surface area contributed by atoms with Crippen molar-refractivity contribution in [3.05, 3.63) is 94.7 Å². The molecule has 0 unspecified atom stereocenters. The molecule has 0 aromatic heterocycles. The molecule has 0 saturated heterocycles. The van der Waals surface area contributed by atoms with Gasteiger partial charge in [0, 0.05) is 11.3 Å². The zero-order valence-corrected chi connectivity index (χ0v) is 25.0. The lowest BCUT2D eigenvalue weighted by Crippen LogP contribution is -2.45. The number of methoxy groups -OCH3 is 2. The molecule has 12 nitrogen and oxygen atoms in total. The van der Waals surface area contributed by atoms with Crippen LogP contribution in [0.15, 0.2) is 83.1 Å². The predicted molar refractivity (Wildman–Crippen MR) is 163 cm³/mol. The predicted octanol–water partition coefficient (Wildman–Crippen LogP) is 3.79. The number of benzene rings is 3. The number of rotatable bonds is 14. The van der Waals surface area contributed by atoms with Crippen LogP contribution in [0, 0.1) is 0 Å². The summed E-state index contributed by atoms with van der Waals surface area (Å²) in [4.78, 5) is 24.6. The molecule has 0 fully saturated rings. The first-order valence-electron chi connectivity index (χ1n) is 13.9. The van der Waals surface area contributed by atoms with E-state index in [0.717, 1.165) is 5.56 Å². The normalized spacial score (nSPS) is 15.2. The summed E-state index contributed by atoms with van der Waals surface area (Å²) < 4.78 is 28.0. The van der Waals surface area contributed by atoms with Gasteiger partial charge in [-0.05, 0) is 49.2 Å². The van der Waals surface area contributed by atoms with Crippen LogP contribution >= 0.6 is 0 Å². The van der Waals surface area contributed by atoms with Crippen LogP contribution in [0.5, 0.6) is 23.0 Å². The summed E-state index contributed by atoms with van der Waals surface area (Å²) in [5.74, 6) is 1.21. The summed E-state index contributed by atoms with van der Waals surface area (Å²) in [7, 11) is 2.84. The lowest BCUT2D eigenvalue weighted by Gasteiger charge is -2.28. The number of aliphatic hydroxyl groups is 1. The van der Waals surface area contributed by atoms with Gasteiger partial charge in [0.2, 0.25) is 0 Å². The van der Waals surface area contributed by atoms with Gasteiger partial charge in [-0.1, -0.05) is 42.5 Å². The molecule has 232 valence electrons. The SMILES string of the molecule is CCOc1cc([C@@H]2NC(=O)NC(C)=C2C(=O)OC)ccc1OC[C@H](O)N/N=C/c1cccc(OC)c1OCc1ccccc1. The number of hydrogen-bond donors (Lipinski definition) is 4. The number of amides is 2. The fourth-order valence-electron chi connectivity index (χ4n) is 4.49. The van der Waals surface area contributed by atoms with Crippen molar-refractivity contribution in [1.82, 2.24) is 16.1 Å². The second-order valence-corrected chi connectivity index (χ2v) is 9.57. The van der Waals surface area contributed by atoms with E-state index in [9.17, 15) is 14.7 Å². The maximum atomic E-state index is 12.5. The molecule has 12 heteroatoms. The number of nitrogens with one attached hydrogen (secondary N) is 3. The lowest BCUT2D eigenvalue weighted by molar-refractivity contribution is -0.136. The number of carbonyl (C=O) groups excluding carboxylic acids is 2. The fourth-order valence-corrected chi connectivity index (χ4v) is 4.49. The maximum absolute atomic E-state index is 12.5. The van der Waals surface area contributed by atoms with Crippen LogP contribution in [0.3, 0.4) is 0 Å². The van der Waals surface area contributed by atoms with Crippen LogP contribution in [0.25, 0.3) is 0 Å². The average Bonchev–Trinajstić information content (AvgIpc) is 3.03. The average molecular weight is 605 g/mol. The van der Waals surface area contributed by atoms with Gasteiger partial charge >= 0.3 is 12.0 Å². The van der Waals surface area contributed by atoms with E-state index in [1.807, 2.05) is 49.4 Å². The summed E-state index contributed by atoms with van der Waals surface area (Å²) in [5, 5.41) is 20.0. The topological polar surface area (TPSA) is 149 Å². The highest BCUT2D eigenvalue weighted by molar-refractivity contribution is 5.95. The Morgan fingerprint density at radius 3 is 2.55 bits per heavy atom. The minimum absolute atomic E-state index is 0.164. The molecule has 2 atom stereocenters. The Balaban J connectivity index is 1.42. The molecule has 1 aliphatic heterocycles. The molecule has 0 aliphatic carbocycles. The van der Waals surface area contributed by atoms with Crippen molar-refractivity contribution in [1.29, 1.82) is 0 Å². The largest absolute Gasteiger partial charge is 0.493 e. The summed E-state index contributed by atoms with van der Waals surface area (Å²) in [6.45, 7) is 3.95. The van der Waals surface area contributed by atoms with Gasteiger partial charge in [0.15, 0.2) is 29.2 Å². The zero-order chi connectivity index (χ0) is 31.5. The molecule has 3 aromatic carbocycles. The molecular weight excluding hydrogens is 568 g/mol. The number of esters is 1. The van der Waals surface area contributed by atoms with E-state index in [2.05, 4.69) is 21.2 Å².